The molecule has 0 aromatic rings. The summed E-state index contributed by atoms with van der Waals surface area (Å²) in [4.78, 5) is 14.6. The Kier molecular flexibility index (Phi) is 3.97. The molecular weight excluding hydrogens is 228 g/mol. The van der Waals surface area contributed by atoms with Gasteiger partial charge in [0.1, 0.15) is 0 Å². The molecule has 0 aromatic carbocycles. The molecule has 2 fully saturated rings. The standard InChI is InChI=1S/C14H26N2O2/c1-4-7-16-8-5-6-10(16)13(18)15-11-9-12(17)14(11,2)3/h10-12,17H,4-9H2,1-3H3,(H,15,18). The average molecular weight is 254 g/mol. The molecule has 2 N–H and O–H groups in total. The van der Waals surface area contributed by atoms with Crippen LogP contribution in [0.1, 0.15) is 46.5 Å². The largest absolute Gasteiger partial charge is 0.392 e. The van der Waals surface area contributed by atoms with E-state index in [-0.39, 0.29) is 29.5 Å². The quantitative estimate of drug-likeness (QED) is 0.791. The third-order valence-corrected chi connectivity index (χ3v) is 4.71. The first-order chi connectivity index (χ1) is 8.46. The highest BCUT2D eigenvalue weighted by molar-refractivity contribution is 5.82. The Morgan fingerprint density at radius 1 is 1.50 bits per heavy atom. The normalized spacial score (nSPS) is 35.2. The Morgan fingerprint density at radius 3 is 2.78 bits per heavy atom. The van der Waals surface area contributed by atoms with Crippen LogP contribution in [0.5, 0.6) is 0 Å². The van der Waals surface area contributed by atoms with Crippen molar-refractivity contribution < 1.29 is 9.90 Å². The fraction of sp³-hybridized carbons (Fsp3) is 0.929. The Balaban J connectivity index is 1.88. The third kappa shape index (κ3) is 2.41. The molecule has 0 aromatic heterocycles. The van der Waals surface area contributed by atoms with Crippen molar-refractivity contribution in [3.63, 3.8) is 0 Å². The van der Waals surface area contributed by atoms with Crippen LogP contribution in [-0.4, -0.2) is 47.2 Å². The predicted octanol–water partition coefficient (Wildman–Crippen LogP) is 1.14. The van der Waals surface area contributed by atoms with E-state index in [1.807, 2.05) is 13.8 Å². The summed E-state index contributed by atoms with van der Waals surface area (Å²) in [5.41, 5.74) is -0.177. The predicted molar refractivity (Wildman–Crippen MR) is 71.2 cm³/mol. The lowest BCUT2D eigenvalue weighted by molar-refractivity contribution is -0.133. The van der Waals surface area contributed by atoms with E-state index in [1.54, 1.807) is 0 Å². The molecule has 2 aliphatic rings. The summed E-state index contributed by atoms with van der Waals surface area (Å²) in [5, 5.41) is 12.8. The van der Waals surface area contributed by atoms with E-state index in [0.717, 1.165) is 32.4 Å². The summed E-state index contributed by atoms with van der Waals surface area (Å²) < 4.78 is 0. The van der Waals surface area contributed by atoms with Crippen molar-refractivity contribution in [2.45, 2.75) is 64.6 Å². The summed E-state index contributed by atoms with van der Waals surface area (Å²) >= 11 is 0. The molecule has 3 unspecified atom stereocenters. The van der Waals surface area contributed by atoms with Gasteiger partial charge in [0.25, 0.3) is 0 Å². The molecule has 0 radical (unpaired) electrons. The zero-order chi connectivity index (χ0) is 13.3. The molecule has 1 saturated heterocycles. The van der Waals surface area contributed by atoms with Gasteiger partial charge in [0.15, 0.2) is 0 Å². The number of likely N-dealkylation sites (tertiary alicyclic amines) is 1. The monoisotopic (exact) mass is 254 g/mol. The molecule has 0 bridgehead atoms. The fourth-order valence-electron chi connectivity index (χ4n) is 3.09. The maximum Gasteiger partial charge on any atom is 0.237 e. The molecule has 0 spiro atoms. The molecule has 104 valence electrons. The van der Waals surface area contributed by atoms with Crippen LogP contribution in [0.25, 0.3) is 0 Å². The second-order valence-electron chi connectivity index (χ2n) is 6.33. The van der Waals surface area contributed by atoms with Crippen LogP contribution in [0.2, 0.25) is 0 Å². The van der Waals surface area contributed by atoms with Crippen LogP contribution < -0.4 is 5.32 Å². The van der Waals surface area contributed by atoms with Crippen LogP contribution in [0.15, 0.2) is 0 Å². The van der Waals surface area contributed by atoms with Crippen molar-refractivity contribution in [2.24, 2.45) is 5.41 Å². The first-order valence-corrected chi connectivity index (χ1v) is 7.19. The Bertz CT molecular complexity index is 317. The van der Waals surface area contributed by atoms with Gasteiger partial charge in [-0.2, -0.15) is 0 Å². The lowest BCUT2D eigenvalue weighted by atomic mass is 9.64. The van der Waals surface area contributed by atoms with E-state index in [9.17, 15) is 9.90 Å². The van der Waals surface area contributed by atoms with Crippen molar-refractivity contribution in [1.82, 2.24) is 10.2 Å². The first-order valence-electron chi connectivity index (χ1n) is 7.19. The minimum Gasteiger partial charge on any atom is -0.392 e. The van der Waals surface area contributed by atoms with Crippen molar-refractivity contribution in [3.05, 3.63) is 0 Å². The van der Waals surface area contributed by atoms with E-state index in [0.29, 0.717) is 6.42 Å². The van der Waals surface area contributed by atoms with Gasteiger partial charge in [-0.25, -0.2) is 0 Å². The van der Waals surface area contributed by atoms with Gasteiger partial charge in [-0.1, -0.05) is 20.8 Å². The maximum atomic E-state index is 12.3. The van der Waals surface area contributed by atoms with Gasteiger partial charge in [-0.3, -0.25) is 9.69 Å². The minimum atomic E-state index is -0.280. The van der Waals surface area contributed by atoms with Gasteiger partial charge in [0.05, 0.1) is 12.1 Å². The molecule has 1 aliphatic carbocycles. The van der Waals surface area contributed by atoms with Crippen molar-refractivity contribution in [1.29, 1.82) is 0 Å². The molecule has 1 heterocycles. The van der Waals surface area contributed by atoms with E-state index >= 15 is 0 Å². The molecule has 2 rings (SSSR count). The number of hydrogen-bond donors (Lipinski definition) is 2. The van der Waals surface area contributed by atoms with Gasteiger partial charge in [0.2, 0.25) is 5.91 Å². The van der Waals surface area contributed by atoms with Gasteiger partial charge < -0.3 is 10.4 Å². The highest BCUT2D eigenvalue weighted by Gasteiger charge is 2.48. The molecule has 1 amide bonds. The number of aliphatic hydroxyl groups excluding tert-OH is 1. The zero-order valence-corrected chi connectivity index (χ0v) is 11.8. The van der Waals surface area contributed by atoms with Crippen molar-refractivity contribution >= 4 is 5.91 Å². The molecule has 4 heteroatoms. The number of hydrogen-bond acceptors (Lipinski definition) is 3. The maximum absolute atomic E-state index is 12.3. The summed E-state index contributed by atoms with van der Waals surface area (Å²) in [6.45, 7) is 8.24. The van der Waals surface area contributed by atoms with Crippen molar-refractivity contribution in [2.75, 3.05) is 13.1 Å². The number of amides is 1. The number of aliphatic hydroxyl groups is 1. The lowest BCUT2D eigenvalue weighted by Crippen LogP contribution is -2.63. The average Bonchev–Trinajstić information content (AvgIpc) is 2.77. The molecule has 18 heavy (non-hydrogen) atoms. The van der Waals surface area contributed by atoms with Gasteiger partial charge in [-0.05, 0) is 38.8 Å². The SMILES string of the molecule is CCCN1CCCC1C(=O)NC1CC(O)C1(C)C. The summed E-state index contributed by atoms with van der Waals surface area (Å²) in [5.74, 6) is 0.158. The number of carbonyl (C=O) groups excluding carboxylic acids is 1. The minimum absolute atomic E-state index is 0.0542. The van der Waals surface area contributed by atoms with Gasteiger partial charge in [-0.15, -0.1) is 0 Å². The van der Waals surface area contributed by atoms with Crippen molar-refractivity contribution in [3.8, 4) is 0 Å². The smallest absolute Gasteiger partial charge is 0.237 e. The molecule has 3 atom stereocenters. The number of rotatable bonds is 4. The second-order valence-corrected chi connectivity index (χ2v) is 6.33. The fourth-order valence-corrected chi connectivity index (χ4v) is 3.09. The van der Waals surface area contributed by atoms with Crippen LogP contribution in [0, 0.1) is 5.41 Å². The van der Waals surface area contributed by atoms with Crippen LogP contribution in [0.4, 0.5) is 0 Å². The molecule has 4 nitrogen and oxygen atoms in total. The van der Waals surface area contributed by atoms with Crippen LogP contribution >= 0.6 is 0 Å². The van der Waals surface area contributed by atoms with Crippen LogP contribution in [0.3, 0.4) is 0 Å². The zero-order valence-electron chi connectivity index (χ0n) is 11.8. The van der Waals surface area contributed by atoms with Gasteiger partial charge >= 0.3 is 0 Å². The highest BCUT2D eigenvalue weighted by Crippen LogP contribution is 2.40. The lowest BCUT2D eigenvalue weighted by Gasteiger charge is -2.49. The Labute approximate surface area is 110 Å². The summed E-state index contributed by atoms with van der Waals surface area (Å²) in [7, 11) is 0. The molecular formula is C14H26N2O2. The van der Waals surface area contributed by atoms with E-state index in [2.05, 4.69) is 17.1 Å². The molecule has 1 aliphatic heterocycles. The Hall–Kier alpha value is -0.610. The van der Waals surface area contributed by atoms with E-state index in [1.165, 1.54) is 0 Å². The number of nitrogens with one attached hydrogen (secondary N) is 1. The van der Waals surface area contributed by atoms with Crippen LogP contribution in [-0.2, 0) is 4.79 Å². The summed E-state index contributed by atoms with van der Waals surface area (Å²) in [6.07, 6.45) is 3.60. The third-order valence-electron chi connectivity index (χ3n) is 4.71. The second kappa shape index (κ2) is 5.17. The molecule has 1 saturated carbocycles. The van der Waals surface area contributed by atoms with E-state index in [4.69, 9.17) is 0 Å². The highest BCUT2D eigenvalue weighted by atomic mass is 16.3. The Morgan fingerprint density at radius 2 is 2.22 bits per heavy atom. The number of nitrogens with zero attached hydrogens (tertiary/aromatic N) is 1. The number of carbonyl (C=O) groups is 1. The van der Waals surface area contributed by atoms with Gasteiger partial charge in [0, 0.05) is 11.5 Å². The first kappa shape index (κ1) is 13.8. The topological polar surface area (TPSA) is 52.6 Å². The summed E-state index contributed by atoms with van der Waals surface area (Å²) in [6, 6.07) is 0.183. The van der Waals surface area contributed by atoms with E-state index < -0.39 is 0 Å².